The molecule has 86 valence electrons. The Balaban J connectivity index is 2.11. The Morgan fingerprint density at radius 3 is 3.00 bits per heavy atom. The van der Waals surface area contributed by atoms with E-state index >= 15 is 0 Å². The van der Waals surface area contributed by atoms with E-state index in [1.54, 1.807) is 12.1 Å². The van der Waals surface area contributed by atoms with E-state index in [2.05, 4.69) is 4.72 Å². The molecule has 0 radical (unpaired) electrons. The van der Waals surface area contributed by atoms with Crippen molar-refractivity contribution in [3.05, 3.63) is 24.2 Å². The van der Waals surface area contributed by atoms with Crippen molar-refractivity contribution in [3.8, 4) is 0 Å². The van der Waals surface area contributed by atoms with Crippen LogP contribution in [0.1, 0.15) is 5.76 Å². The maximum atomic E-state index is 11.7. The molecule has 0 saturated carbocycles. The highest BCUT2D eigenvalue weighted by Gasteiger charge is 2.34. The van der Waals surface area contributed by atoms with Gasteiger partial charge in [-0.25, -0.2) is 14.5 Å². The van der Waals surface area contributed by atoms with Gasteiger partial charge in [-0.3, -0.25) is 9.56 Å². The lowest BCUT2D eigenvalue weighted by Crippen LogP contribution is -2.52. The number of hydrogen-bond donors (Lipinski definition) is 1. The van der Waals surface area contributed by atoms with E-state index in [0.717, 1.165) is 21.5 Å². The fourth-order valence-corrected chi connectivity index (χ4v) is 1.70. The predicted molar refractivity (Wildman–Crippen MR) is 54.6 cm³/mol. The van der Waals surface area contributed by atoms with Gasteiger partial charge in [-0.15, -0.1) is 4.47 Å². The lowest BCUT2D eigenvalue weighted by atomic mass is 10.4. The summed E-state index contributed by atoms with van der Waals surface area (Å²) >= 11 is 0.786. The third kappa shape index (κ3) is 1.97. The van der Waals surface area contributed by atoms with Gasteiger partial charge >= 0.3 is 12.1 Å². The number of urea groups is 2. The molecule has 0 bridgehead atoms. The van der Waals surface area contributed by atoms with Gasteiger partial charge < -0.3 is 4.42 Å². The van der Waals surface area contributed by atoms with Crippen molar-refractivity contribution < 1.29 is 18.8 Å². The number of hydrogen-bond acceptors (Lipinski definition) is 5. The first-order chi connectivity index (χ1) is 7.72. The number of hydroxylamine groups is 1. The Labute approximate surface area is 95.5 Å². The molecule has 0 atom stereocenters. The number of carbonyl (C=O) groups is 2. The van der Waals surface area contributed by atoms with Crippen LogP contribution in [0.4, 0.5) is 9.59 Å². The lowest BCUT2D eigenvalue weighted by molar-refractivity contribution is -0.0153. The SMILES string of the molecule is CON1SNC(=O)N(Cc2ccco2)C1=O. The summed E-state index contributed by atoms with van der Waals surface area (Å²) in [4.78, 5) is 28.9. The van der Waals surface area contributed by atoms with E-state index in [0.29, 0.717) is 5.76 Å². The molecular weight excluding hydrogens is 234 g/mol. The van der Waals surface area contributed by atoms with Gasteiger partial charge in [0.25, 0.3) is 0 Å². The molecule has 1 aliphatic rings. The Kier molecular flexibility index (Phi) is 3.02. The van der Waals surface area contributed by atoms with Gasteiger partial charge in [0.2, 0.25) is 0 Å². The highest BCUT2D eigenvalue weighted by atomic mass is 32.2. The monoisotopic (exact) mass is 243 g/mol. The molecule has 2 heterocycles. The Morgan fingerprint density at radius 2 is 2.38 bits per heavy atom. The summed E-state index contributed by atoms with van der Waals surface area (Å²) in [6.07, 6.45) is 1.48. The molecule has 8 heteroatoms. The maximum Gasteiger partial charge on any atom is 0.364 e. The standard InChI is InChI=1S/C8H9N3O4S/c1-14-11-8(13)10(7(12)9-16-11)5-6-3-2-4-15-6/h2-4H,5H2,1H3,(H,9,12). The predicted octanol–water partition coefficient (Wildman–Crippen LogP) is 1.35. The topological polar surface area (TPSA) is 75.0 Å². The van der Waals surface area contributed by atoms with Gasteiger partial charge in [0, 0.05) is 0 Å². The first-order valence-corrected chi connectivity index (χ1v) is 5.14. The summed E-state index contributed by atoms with van der Waals surface area (Å²) in [6.45, 7) is 0.0675. The third-order valence-electron chi connectivity index (χ3n) is 1.91. The molecule has 1 saturated heterocycles. The van der Waals surface area contributed by atoms with Crippen molar-refractivity contribution in [1.29, 1.82) is 0 Å². The molecule has 0 aliphatic carbocycles. The number of rotatable bonds is 3. The molecule has 1 aliphatic heterocycles. The molecule has 1 N–H and O–H groups in total. The van der Waals surface area contributed by atoms with Crippen molar-refractivity contribution in [2.75, 3.05) is 7.11 Å². The van der Waals surface area contributed by atoms with Crippen LogP contribution < -0.4 is 4.72 Å². The van der Waals surface area contributed by atoms with Crippen LogP contribution >= 0.6 is 12.1 Å². The zero-order chi connectivity index (χ0) is 11.5. The van der Waals surface area contributed by atoms with Crippen molar-refractivity contribution in [2.24, 2.45) is 0 Å². The van der Waals surface area contributed by atoms with Crippen LogP contribution in [0.5, 0.6) is 0 Å². The molecule has 4 amide bonds. The second kappa shape index (κ2) is 4.45. The second-order valence-electron chi connectivity index (χ2n) is 2.89. The minimum Gasteiger partial charge on any atom is -0.467 e. The average molecular weight is 243 g/mol. The van der Waals surface area contributed by atoms with Crippen molar-refractivity contribution in [3.63, 3.8) is 0 Å². The summed E-state index contributed by atoms with van der Waals surface area (Å²) in [5.74, 6) is 0.520. The fourth-order valence-electron chi connectivity index (χ4n) is 1.17. The molecule has 7 nitrogen and oxygen atoms in total. The molecule has 1 aromatic rings. The van der Waals surface area contributed by atoms with Crippen LogP contribution in [0.25, 0.3) is 0 Å². The van der Waals surface area contributed by atoms with Gasteiger partial charge in [0.05, 0.1) is 19.9 Å². The number of furan rings is 1. The van der Waals surface area contributed by atoms with Crippen molar-refractivity contribution >= 4 is 24.2 Å². The summed E-state index contributed by atoms with van der Waals surface area (Å²) < 4.78 is 8.44. The van der Waals surface area contributed by atoms with Crippen LogP contribution in [0, 0.1) is 0 Å². The van der Waals surface area contributed by atoms with Crippen molar-refractivity contribution in [2.45, 2.75) is 6.54 Å². The van der Waals surface area contributed by atoms with E-state index in [1.807, 2.05) is 0 Å². The number of amides is 4. The van der Waals surface area contributed by atoms with Crippen LogP contribution in [0.3, 0.4) is 0 Å². The lowest BCUT2D eigenvalue weighted by Gasteiger charge is -2.30. The number of nitrogens with zero attached hydrogens (tertiary/aromatic N) is 2. The smallest absolute Gasteiger partial charge is 0.364 e. The quantitative estimate of drug-likeness (QED) is 0.811. The molecule has 2 rings (SSSR count). The third-order valence-corrected chi connectivity index (χ3v) is 2.64. The van der Waals surface area contributed by atoms with Gasteiger partial charge in [-0.1, -0.05) is 0 Å². The van der Waals surface area contributed by atoms with Crippen LogP contribution in [-0.4, -0.2) is 28.5 Å². The minimum atomic E-state index is -0.548. The molecular formula is C8H9N3O4S. The highest BCUT2D eigenvalue weighted by Crippen LogP contribution is 2.18. The summed E-state index contributed by atoms with van der Waals surface area (Å²) in [5.41, 5.74) is 0. The fraction of sp³-hybridized carbons (Fsp3) is 0.250. The molecule has 16 heavy (non-hydrogen) atoms. The van der Waals surface area contributed by atoms with E-state index < -0.39 is 12.1 Å². The molecule has 1 fully saturated rings. The molecule has 0 aromatic carbocycles. The maximum absolute atomic E-state index is 11.7. The van der Waals surface area contributed by atoms with E-state index in [9.17, 15) is 9.59 Å². The zero-order valence-corrected chi connectivity index (χ0v) is 9.19. The van der Waals surface area contributed by atoms with E-state index in [4.69, 9.17) is 9.25 Å². The summed E-state index contributed by atoms with van der Waals surface area (Å²) in [5, 5.41) is 0. The van der Waals surface area contributed by atoms with E-state index in [1.165, 1.54) is 13.4 Å². The largest absolute Gasteiger partial charge is 0.467 e. The Morgan fingerprint density at radius 1 is 1.56 bits per heavy atom. The first kappa shape index (κ1) is 10.8. The first-order valence-electron chi connectivity index (χ1n) is 4.37. The van der Waals surface area contributed by atoms with Gasteiger partial charge in [-0.2, -0.15) is 0 Å². The van der Waals surface area contributed by atoms with Gasteiger partial charge in [-0.05, 0) is 12.1 Å². The number of imide groups is 1. The van der Waals surface area contributed by atoms with Crippen LogP contribution in [0.2, 0.25) is 0 Å². The highest BCUT2D eigenvalue weighted by molar-refractivity contribution is 7.96. The van der Waals surface area contributed by atoms with Gasteiger partial charge in [0.15, 0.2) is 0 Å². The average Bonchev–Trinajstić information content (AvgIpc) is 2.77. The number of carbonyl (C=O) groups excluding carboxylic acids is 2. The Hall–Kier alpha value is -1.67. The normalized spacial score (nSPS) is 16.6. The van der Waals surface area contributed by atoms with Gasteiger partial charge in [0.1, 0.15) is 17.9 Å². The number of nitrogens with one attached hydrogen (secondary N) is 1. The molecule has 1 aromatic heterocycles. The van der Waals surface area contributed by atoms with Crippen LogP contribution in [0.15, 0.2) is 22.8 Å². The van der Waals surface area contributed by atoms with Crippen molar-refractivity contribution in [1.82, 2.24) is 14.1 Å². The van der Waals surface area contributed by atoms with Crippen LogP contribution in [-0.2, 0) is 11.4 Å². The van der Waals surface area contributed by atoms with E-state index in [-0.39, 0.29) is 6.54 Å². The summed E-state index contributed by atoms with van der Waals surface area (Å²) in [7, 11) is 1.34. The summed E-state index contributed by atoms with van der Waals surface area (Å²) in [6, 6.07) is 2.32. The zero-order valence-electron chi connectivity index (χ0n) is 8.37. The molecule has 0 spiro atoms. The minimum absolute atomic E-state index is 0.0675. The Bertz CT molecular complexity index is 394. The second-order valence-corrected chi connectivity index (χ2v) is 3.60. The molecule has 0 unspecified atom stereocenters.